The molecule has 7 nitrogen and oxygen atoms in total. The fourth-order valence-electron chi connectivity index (χ4n) is 1.76. The van der Waals surface area contributed by atoms with E-state index in [2.05, 4.69) is 38.6 Å². The van der Waals surface area contributed by atoms with Gasteiger partial charge in [0.25, 0.3) is 0 Å². The third-order valence-corrected chi connectivity index (χ3v) is 8.78. The standard InChI is InChI=1S/C16H24FNO6Si/c1-16(2,3)25(5,6)24-8-7-23-13-10-11(15(19)22-4)9-12(17)14(13)18(20)21/h9-10H,7-8H2,1-6H3. The molecule has 25 heavy (non-hydrogen) atoms. The Hall–Kier alpha value is -2.00. The monoisotopic (exact) mass is 373 g/mol. The van der Waals surface area contributed by atoms with Crippen molar-refractivity contribution in [3.8, 4) is 5.75 Å². The number of carbonyl (C=O) groups excluding carboxylic acids is 1. The molecule has 140 valence electrons. The van der Waals surface area contributed by atoms with E-state index < -0.39 is 30.7 Å². The van der Waals surface area contributed by atoms with Crippen LogP contribution in [0.1, 0.15) is 31.1 Å². The summed E-state index contributed by atoms with van der Waals surface area (Å²) in [5.41, 5.74) is -0.981. The Bertz CT molecular complexity index is 657. The Balaban J connectivity index is 2.92. The third kappa shape index (κ3) is 5.23. The number of nitrogens with zero attached hydrogens (tertiary/aromatic N) is 1. The quantitative estimate of drug-likeness (QED) is 0.237. The lowest BCUT2D eigenvalue weighted by atomic mass is 10.2. The highest BCUT2D eigenvalue weighted by atomic mass is 28.4. The maximum atomic E-state index is 14.0. The van der Waals surface area contributed by atoms with Crippen LogP contribution in [0.5, 0.6) is 5.75 Å². The summed E-state index contributed by atoms with van der Waals surface area (Å²) in [5.74, 6) is -2.30. The molecule has 0 aliphatic carbocycles. The zero-order valence-electron chi connectivity index (χ0n) is 15.3. The molecule has 0 aromatic heterocycles. The first-order valence-corrected chi connectivity index (χ1v) is 10.6. The summed E-state index contributed by atoms with van der Waals surface area (Å²) in [4.78, 5) is 21.7. The smallest absolute Gasteiger partial charge is 0.346 e. The van der Waals surface area contributed by atoms with Crippen LogP contribution in [0.2, 0.25) is 18.1 Å². The van der Waals surface area contributed by atoms with Gasteiger partial charge in [-0.2, -0.15) is 4.39 Å². The number of rotatable bonds is 7. The summed E-state index contributed by atoms with van der Waals surface area (Å²) in [6.07, 6.45) is 0. The van der Waals surface area contributed by atoms with E-state index in [1.807, 2.05) is 0 Å². The van der Waals surface area contributed by atoms with Gasteiger partial charge in [0.15, 0.2) is 8.32 Å². The predicted molar refractivity (Wildman–Crippen MR) is 93.0 cm³/mol. The SMILES string of the molecule is COC(=O)c1cc(F)c([N+](=O)[O-])c(OCCO[Si](C)(C)C(C)(C)C)c1. The minimum atomic E-state index is -1.99. The van der Waals surface area contributed by atoms with Gasteiger partial charge in [-0.15, -0.1) is 0 Å². The maximum Gasteiger partial charge on any atom is 0.346 e. The molecule has 0 atom stereocenters. The van der Waals surface area contributed by atoms with Crippen LogP contribution in [0.15, 0.2) is 12.1 Å². The average molecular weight is 373 g/mol. The summed E-state index contributed by atoms with van der Waals surface area (Å²) < 4.78 is 29.7. The van der Waals surface area contributed by atoms with Crippen molar-refractivity contribution in [2.75, 3.05) is 20.3 Å². The summed E-state index contributed by atoms with van der Waals surface area (Å²) >= 11 is 0. The minimum absolute atomic E-state index is 0.00256. The predicted octanol–water partition coefficient (Wildman–Crippen LogP) is 3.92. The fourth-order valence-corrected chi connectivity index (χ4v) is 2.79. The number of nitro groups is 1. The van der Waals surface area contributed by atoms with Crippen molar-refractivity contribution in [3.05, 3.63) is 33.6 Å². The molecule has 0 aliphatic heterocycles. The third-order valence-electron chi connectivity index (χ3n) is 4.24. The van der Waals surface area contributed by atoms with Gasteiger partial charge in [-0.1, -0.05) is 20.8 Å². The highest BCUT2D eigenvalue weighted by Gasteiger charge is 2.37. The van der Waals surface area contributed by atoms with Gasteiger partial charge >= 0.3 is 11.7 Å². The Kier molecular flexibility index (Phi) is 6.66. The molecule has 0 spiro atoms. The molecular formula is C16H24FNO6Si. The van der Waals surface area contributed by atoms with Crippen molar-refractivity contribution in [3.63, 3.8) is 0 Å². The van der Waals surface area contributed by atoms with Crippen molar-refractivity contribution < 1.29 is 28.0 Å². The normalized spacial score (nSPS) is 12.0. The van der Waals surface area contributed by atoms with Crippen molar-refractivity contribution in [2.24, 2.45) is 0 Å². The van der Waals surface area contributed by atoms with Gasteiger partial charge in [0, 0.05) is 6.07 Å². The molecule has 0 saturated carbocycles. The number of benzene rings is 1. The van der Waals surface area contributed by atoms with Crippen LogP contribution in [0.25, 0.3) is 0 Å². The van der Waals surface area contributed by atoms with Gasteiger partial charge in [-0.25, -0.2) is 4.79 Å². The first-order chi connectivity index (χ1) is 11.4. The number of hydrogen-bond donors (Lipinski definition) is 0. The van der Waals surface area contributed by atoms with Gasteiger partial charge in [0.1, 0.15) is 6.61 Å². The molecule has 0 amide bonds. The highest BCUT2D eigenvalue weighted by molar-refractivity contribution is 6.74. The summed E-state index contributed by atoms with van der Waals surface area (Å²) in [6.45, 7) is 10.6. The number of carbonyl (C=O) groups is 1. The summed E-state index contributed by atoms with van der Waals surface area (Å²) in [7, 11) is -0.852. The molecule has 1 aromatic carbocycles. The van der Waals surface area contributed by atoms with E-state index in [0.717, 1.165) is 19.2 Å². The van der Waals surface area contributed by atoms with Gasteiger partial charge in [0.2, 0.25) is 11.6 Å². The van der Waals surface area contributed by atoms with Crippen LogP contribution >= 0.6 is 0 Å². The van der Waals surface area contributed by atoms with E-state index in [0.29, 0.717) is 0 Å². The fraction of sp³-hybridized carbons (Fsp3) is 0.562. The first kappa shape index (κ1) is 21.0. The van der Waals surface area contributed by atoms with Crippen molar-refractivity contribution in [2.45, 2.75) is 38.9 Å². The Morgan fingerprint density at radius 1 is 1.28 bits per heavy atom. The molecule has 0 heterocycles. The van der Waals surface area contributed by atoms with Gasteiger partial charge in [0.05, 0.1) is 24.2 Å². The topological polar surface area (TPSA) is 87.9 Å². The second kappa shape index (κ2) is 7.92. The lowest BCUT2D eigenvalue weighted by Crippen LogP contribution is -2.41. The Morgan fingerprint density at radius 3 is 2.36 bits per heavy atom. The molecule has 0 unspecified atom stereocenters. The van der Waals surface area contributed by atoms with E-state index in [9.17, 15) is 19.3 Å². The minimum Gasteiger partial charge on any atom is -0.484 e. The largest absolute Gasteiger partial charge is 0.484 e. The number of ether oxygens (including phenoxy) is 2. The molecule has 0 N–H and O–H groups in total. The molecule has 9 heteroatoms. The molecule has 1 rings (SSSR count). The van der Waals surface area contributed by atoms with Crippen LogP contribution < -0.4 is 4.74 Å². The molecule has 0 fully saturated rings. The Labute approximate surface area is 147 Å². The molecule has 0 bridgehead atoms. The first-order valence-electron chi connectivity index (χ1n) is 7.73. The van der Waals surface area contributed by atoms with Crippen LogP contribution in [-0.4, -0.2) is 39.5 Å². The van der Waals surface area contributed by atoms with E-state index in [4.69, 9.17) is 9.16 Å². The van der Waals surface area contributed by atoms with E-state index in [-0.39, 0.29) is 29.6 Å². The molecule has 0 aliphatic rings. The van der Waals surface area contributed by atoms with Gasteiger partial charge in [-0.05, 0) is 24.2 Å². The van der Waals surface area contributed by atoms with Crippen molar-refractivity contribution in [1.82, 2.24) is 0 Å². The van der Waals surface area contributed by atoms with Crippen LogP contribution in [0, 0.1) is 15.9 Å². The van der Waals surface area contributed by atoms with Crippen molar-refractivity contribution in [1.29, 1.82) is 0 Å². The zero-order chi connectivity index (χ0) is 19.4. The second-order valence-corrected chi connectivity index (χ2v) is 11.8. The molecule has 0 saturated heterocycles. The summed E-state index contributed by atoms with van der Waals surface area (Å²) in [5, 5.41) is 11.1. The molecular weight excluding hydrogens is 349 g/mol. The number of halogens is 1. The molecule has 0 radical (unpaired) electrons. The Morgan fingerprint density at radius 2 is 1.88 bits per heavy atom. The van der Waals surface area contributed by atoms with Gasteiger partial charge < -0.3 is 13.9 Å². The van der Waals surface area contributed by atoms with Crippen LogP contribution in [-0.2, 0) is 9.16 Å². The van der Waals surface area contributed by atoms with Crippen molar-refractivity contribution >= 4 is 20.0 Å². The van der Waals surface area contributed by atoms with E-state index in [1.165, 1.54) is 0 Å². The van der Waals surface area contributed by atoms with E-state index >= 15 is 0 Å². The highest BCUT2D eigenvalue weighted by Crippen LogP contribution is 2.36. The zero-order valence-corrected chi connectivity index (χ0v) is 16.3. The number of hydrogen-bond acceptors (Lipinski definition) is 6. The lowest BCUT2D eigenvalue weighted by Gasteiger charge is -2.36. The van der Waals surface area contributed by atoms with Crippen LogP contribution in [0.3, 0.4) is 0 Å². The van der Waals surface area contributed by atoms with Crippen LogP contribution in [0.4, 0.5) is 10.1 Å². The second-order valence-electron chi connectivity index (χ2n) is 7.01. The number of methoxy groups -OCH3 is 1. The summed E-state index contributed by atoms with van der Waals surface area (Å²) in [6, 6.07) is 1.85. The number of nitro benzene ring substituents is 1. The molecule has 1 aromatic rings. The van der Waals surface area contributed by atoms with Gasteiger partial charge in [-0.3, -0.25) is 10.1 Å². The number of esters is 1. The lowest BCUT2D eigenvalue weighted by molar-refractivity contribution is -0.388. The maximum absolute atomic E-state index is 14.0. The van der Waals surface area contributed by atoms with E-state index in [1.54, 1.807) is 0 Å². The average Bonchev–Trinajstić information content (AvgIpc) is 2.48.